The molecule has 0 bridgehead atoms. The monoisotopic (exact) mass is 260 g/mol. The maximum Gasteiger partial charge on any atom is 0.266 e. The predicted molar refractivity (Wildman–Crippen MR) is 69.1 cm³/mol. The van der Waals surface area contributed by atoms with Crippen molar-refractivity contribution in [3.63, 3.8) is 0 Å². The molecular weight excluding hydrogens is 248 g/mol. The van der Waals surface area contributed by atoms with Gasteiger partial charge in [-0.2, -0.15) is 0 Å². The van der Waals surface area contributed by atoms with Crippen LogP contribution in [-0.4, -0.2) is 20.8 Å². The van der Waals surface area contributed by atoms with Crippen LogP contribution < -0.4 is 5.73 Å². The lowest BCUT2D eigenvalue weighted by Crippen LogP contribution is -2.24. The zero-order valence-corrected chi connectivity index (χ0v) is 10.7. The lowest BCUT2D eigenvalue weighted by molar-refractivity contribution is 0.0756. The molecule has 5 nitrogen and oxygen atoms in total. The lowest BCUT2D eigenvalue weighted by Gasteiger charge is -2.13. The van der Waals surface area contributed by atoms with Crippen LogP contribution in [0, 0.1) is 6.92 Å². The first kappa shape index (κ1) is 11.2. The van der Waals surface area contributed by atoms with E-state index in [1.807, 2.05) is 19.2 Å². The third-order valence-electron chi connectivity index (χ3n) is 2.96. The first-order valence-corrected chi connectivity index (χ1v) is 6.40. The van der Waals surface area contributed by atoms with E-state index >= 15 is 0 Å². The maximum absolute atomic E-state index is 12.2. The van der Waals surface area contributed by atoms with E-state index in [9.17, 15) is 4.79 Å². The van der Waals surface area contributed by atoms with Gasteiger partial charge in [-0.3, -0.25) is 9.78 Å². The summed E-state index contributed by atoms with van der Waals surface area (Å²) in [5.41, 5.74) is 8.81. The molecule has 0 fully saturated rings. The number of hydrogen-bond acceptors (Lipinski definition) is 5. The van der Waals surface area contributed by atoms with Crippen LogP contribution in [-0.2, 0) is 13.1 Å². The molecule has 0 aromatic carbocycles. The van der Waals surface area contributed by atoms with Gasteiger partial charge in [0.1, 0.15) is 4.88 Å². The fourth-order valence-corrected chi connectivity index (χ4v) is 2.74. The van der Waals surface area contributed by atoms with Crippen LogP contribution in [0.3, 0.4) is 0 Å². The van der Waals surface area contributed by atoms with Crippen LogP contribution in [0.4, 0.5) is 5.13 Å². The summed E-state index contributed by atoms with van der Waals surface area (Å²) in [6.07, 6.45) is 3.38. The fourth-order valence-electron chi connectivity index (χ4n) is 2.09. The summed E-state index contributed by atoms with van der Waals surface area (Å²) in [7, 11) is 0. The van der Waals surface area contributed by atoms with Gasteiger partial charge in [-0.05, 0) is 24.1 Å². The molecule has 0 unspecified atom stereocenters. The Morgan fingerprint density at radius 3 is 2.83 bits per heavy atom. The van der Waals surface area contributed by atoms with Gasteiger partial charge >= 0.3 is 0 Å². The highest BCUT2D eigenvalue weighted by molar-refractivity contribution is 7.17. The normalized spacial score (nSPS) is 13.7. The molecule has 0 spiro atoms. The van der Waals surface area contributed by atoms with Crippen molar-refractivity contribution in [1.82, 2.24) is 14.9 Å². The molecule has 1 amide bonds. The number of carbonyl (C=O) groups is 1. The summed E-state index contributed by atoms with van der Waals surface area (Å²) >= 11 is 1.22. The second-order valence-corrected chi connectivity index (χ2v) is 5.38. The number of fused-ring (bicyclic) bond motifs is 1. The largest absolute Gasteiger partial charge is 0.375 e. The van der Waals surface area contributed by atoms with Gasteiger partial charge in [-0.25, -0.2) is 4.98 Å². The van der Waals surface area contributed by atoms with Crippen molar-refractivity contribution in [1.29, 1.82) is 0 Å². The average Bonchev–Trinajstić information content (AvgIpc) is 2.93. The van der Waals surface area contributed by atoms with Crippen LogP contribution in [0.2, 0.25) is 0 Å². The van der Waals surface area contributed by atoms with Gasteiger partial charge in [0.15, 0.2) is 5.13 Å². The molecule has 0 saturated carbocycles. The molecule has 92 valence electrons. The third kappa shape index (κ3) is 1.84. The molecular formula is C12H12N4OS. The maximum atomic E-state index is 12.2. The molecule has 2 aromatic rings. The number of rotatable bonds is 1. The van der Waals surface area contributed by atoms with Crippen molar-refractivity contribution >= 4 is 22.4 Å². The Kier molecular flexibility index (Phi) is 2.52. The minimum absolute atomic E-state index is 0.0157. The summed E-state index contributed by atoms with van der Waals surface area (Å²) in [5.74, 6) is -0.0157. The van der Waals surface area contributed by atoms with Gasteiger partial charge in [0.2, 0.25) is 0 Å². The van der Waals surface area contributed by atoms with E-state index in [2.05, 4.69) is 9.97 Å². The van der Waals surface area contributed by atoms with Crippen molar-refractivity contribution in [2.75, 3.05) is 5.73 Å². The van der Waals surface area contributed by atoms with Crippen molar-refractivity contribution in [2.45, 2.75) is 20.0 Å². The number of hydrogen-bond donors (Lipinski definition) is 1. The molecule has 0 aliphatic carbocycles. The van der Waals surface area contributed by atoms with Gasteiger partial charge in [0.25, 0.3) is 5.91 Å². The number of anilines is 1. The number of nitrogen functional groups attached to an aromatic ring is 1. The summed E-state index contributed by atoms with van der Waals surface area (Å²) < 4.78 is 0. The number of aromatic nitrogens is 2. The molecule has 1 aliphatic rings. The highest BCUT2D eigenvalue weighted by Gasteiger charge is 2.25. The summed E-state index contributed by atoms with van der Waals surface area (Å²) in [5, 5.41) is 0.424. The van der Waals surface area contributed by atoms with E-state index in [0.717, 1.165) is 11.3 Å². The Balaban J connectivity index is 1.83. The first-order chi connectivity index (χ1) is 8.63. The van der Waals surface area contributed by atoms with Crippen molar-refractivity contribution in [3.05, 3.63) is 40.2 Å². The van der Waals surface area contributed by atoms with Gasteiger partial charge in [0.05, 0.1) is 6.20 Å². The van der Waals surface area contributed by atoms with Crippen molar-refractivity contribution in [2.24, 2.45) is 0 Å². The van der Waals surface area contributed by atoms with Crippen molar-refractivity contribution < 1.29 is 4.79 Å². The minimum Gasteiger partial charge on any atom is -0.375 e. The van der Waals surface area contributed by atoms with Crippen LogP contribution in [0.1, 0.15) is 26.5 Å². The molecule has 0 saturated heterocycles. The highest BCUT2D eigenvalue weighted by Crippen LogP contribution is 2.26. The molecule has 1 aliphatic heterocycles. The Hall–Kier alpha value is -1.95. The molecule has 0 atom stereocenters. The van der Waals surface area contributed by atoms with E-state index in [1.54, 1.807) is 4.90 Å². The van der Waals surface area contributed by atoms with E-state index in [-0.39, 0.29) is 5.91 Å². The average molecular weight is 260 g/mol. The van der Waals surface area contributed by atoms with Gasteiger partial charge in [-0.1, -0.05) is 11.3 Å². The number of aryl methyl sites for hydroxylation is 1. The molecule has 3 heterocycles. The topological polar surface area (TPSA) is 72.1 Å². The SMILES string of the molecule is Cc1cc2c(cn1)CN(C(=O)c1cnc(N)s1)C2. The second-order valence-electron chi connectivity index (χ2n) is 4.32. The number of nitrogens with zero attached hydrogens (tertiary/aromatic N) is 3. The Morgan fingerprint density at radius 2 is 2.11 bits per heavy atom. The summed E-state index contributed by atoms with van der Waals surface area (Å²) in [6, 6.07) is 2.03. The molecule has 2 N–H and O–H groups in total. The zero-order chi connectivity index (χ0) is 12.7. The van der Waals surface area contributed by atoms with Gasteiger partial charge < -0.3 is 10.6 Å². The number of nitrogens with two attached hydrogens (primary N) is 1. The number of amides is 1. The number of pyridine rings is 1. The predicted octanol–water partition coefficient (Wildman–Crippen LogP) is 1.58. The molecule has 2 aromatic heterocycles. The van der Waals surface area contributed by atoms with E-state index in [1.165, 1.54) is 23.1 Å². The second kappa shape index (κ2) is 4.06. The molecule has 6 heteroatoms. The summed E-state index contributed by atoms with van der Waals surface area (Å²) in [4.78, 5) is 22.8. The van der Waals surface area contributed by atoms with Crippen LogP contribution in [0.15, 0.2) is 18.5 Å². The number of thiazole rings is 1. The lowest BCUT2D eigenvalue weighted by atomic mass is 10.2. The Morgan fingerprint density at radius 1 is 1.33 bits per heavy atom. The third-order valence-corrected chi connectivity index (χ3v) is 3.78. The van der Waals surface area contributed by atoms with E-state index in [0.29, 0.717) is 23.1 Å². The molecule has 18 heavy (non-hydrogen) atoms. The van der Waals surface area contributed by atoms with Crippen LogP contribution >= 0.6 is 11.3 Å². The fraction of sp³-hybridized carbons (Fsp3) is 0.250. The van der Waals surface area contributed by atoms with E-state index in [4.69, 9.17) is 5.73 Å². The quantitative estimate of drug-likeness (QED) is 0.845. The zero-order valence-electron chi connectivity index (χ0n) is 9.88. The Bertz CT molecular complexity index is 622. The minimum atomic E-state index is -0.0157. The van der Waals surface area contributed by atoms with Crippen LogP contribution in [0.5, 0.6) is 0 Å². The highest BCUT2D eigenvalue weighted by atomic mass is 32.1. The van der Waals surface area contributed by atoms with Gasteiger partial charge in [-0.15, -0.1) is 0 Å². The number of carbonyl (C=O) groups excluding carboxylic acids is 1. The molecule has 3 rings (SSSR count). The van der Waals surface area contributed by atoms with Crippen LogP contribution in [0.25, 0.3) is 0 Å². The Labute approximate surface area is 108 Å². The van der Waals surface area contributed by atoms with E-state index < -0.39 is 0 Å². The molecule has 0 radical (unpaired) electrons. The first-order valence-electron chi connectivity index (χ1n) is 5.58. The standard InChI is InChI=1S/C12H12N4OS/c1-7-2-8-5-16(6-9(8)3-14-7)11(17)10-4-15-12(13)18-10/h2-4H,5-6H2,1H3,(H2,13,15). The summed E-state index contributed by atoms with van der Waals surface area (Å²) in [6.45, 7) is 3.20. The van der Waals surface area contributed by atoms with Crippen molar-refractivity contribution in [3.8, 4) is 0 Å². The van der Waals surface area contributed by atoms with Gasteiger partial charge in [0, 0.05) is 25.0 Å². The smallest absolute Gasteiger partial charge is 0.266 e.